The highest BCUT2D eigenvalue weighted by molar-refractivity contribution is 5.87. The lowest BCUT2D eigenvalue weighted by atomic mass is 9.99. The molecule has 0 aromatic heterocycles. The van der Waals surface area contributed by atoms with E-state index >= 15 is 0 Å². The molecule has 0 spiro atoms. The Labute approximate surface area is 105 Å². The number of carbonyl (C=O) groups excluding carboxylic acids is 2. The molecule has 0 aromatic rings. The van der Waals surface area contributed by atoms with Crippen molar-refractivity contribution in [2.24, 2.45) is 5.92 Å². The van der Waals surface area contributed by atoms with Gasteiger partial charge in [-0.3, -0.25) is 9.59 Å². The summed E-state index contributed by atoms with van der Waals surface area (Å²) in [6.07, 6.45) is 1.72. The van der Waals surface area contributed by atoms with Gasteiger partial charge in [-0.05, 0) is 26.3 Å². The molecular weight excluding hydrogens is 216 g/mol. The van der Waals surface area contributed by atoms with E-state index in [9.17, 15) is 9.59 Å². The summed E-state index contributed by atoms with van der Waals surface area (Å²) in [5.74, 6) is 0.478. The van der Waals surface area contributed by atoms with E-state index in [1.165, 1.54) is 0 Å². The van der Waals surface area contributed by atoms with Crippen LogP contribution in [-0.4, -0.2) is 37.2 Å². The summed E-state index contributed by atoms with van der Waals surface area (Å²) in [5.41, 5.74) is 0. The van der Waals surface area contributed by atoms with Crippen molar-refractivity contribution in [2.45, 2.75) is 52.6 Å². The standard InChI is InChI=1S/C13H26N2O2/c1-6-7-11(10(4)16)15-8-12(17)13(14-5)9(2)3/h9,11,13-15H,6-8H2,1-5H3/t11-,13-/m0/s1. The highest BCUT2D eigenvalue weighted by atomic mass is 16.1. The molecule has 0 aliphatic carbocycles. The van der Waals surface area contributed by atoms with Crippen LogP contribution in [-0.2, 0) is 9.59 Å². The summed E-state index contributed by atoms with van der Waals surface area (Å²) >= 11 is 0. The van der Waals surface area contributed by atoms with Gasteiger partial charge in [0.05, 0.1) is 18.6 Å². The van der Waals surface area contributed by atoms with E-state index in [0.29, 0.717) is 0 Å². The van der Waals surface area contributed by atoms with Gasteiger partial charge >= 0.3 is 0 Å². The van der Waals surface area contributed by atoms with Crippen molar-refractivity contribution in [3.8, 4) is 0 Å². The fourth-order valence-corrected chi connectivity index (χ4v) is 1.94. The SMILES string of the molecule is CCC[C@H](NCC(=O)[C@@H](NC)C(C)C)C(C)=O. The Bertz CT molecular complexity index is 252. The second-order valence-electron chi connectivity index (χ2n) is 4.81. The van der Waals surface area contributed by atoms with Gasteiger partial charge in [0, 0.05) is 0 Å². The summed E-state index contributed by atoms with van der Waals surface area (Å²) in [4.78, 5) is 23.2. The molecule has 0 rings (SSSR count). The molecule has 0 amide bonds. The Hall–Kier alpha value is -0.740. The maximum Gasteiger partial charge on any atom is 0.163 e. The second kappa shape index (κ2) is 8.37. The largest absolute Gasteiger partial charge is 0.310 e. The van der Waals surface area contributed by atoms with Gasteiger partial charge in [-0.15, -0.1) is 0 Å². The van der Waals surface area contributed by atoms with Crippen LogP contribution in [0.25, 0.3) is 0 Å². The summed E-state index contributed by atoms with van der Waals surface area (Å²) < 4.78 is 0. The molecule has 0 unspecified atom stereocenters. The van der Waals surface area contributed by atoms with Crippen LogP contribution >= 0.6 is 0 Å². The van der Waals surface area contributed by atoms with E-state index in [2.05, 4.69) is 10.6 Å². The van der Waals surface area contributed by atoms with Crippen molar-refractivity contribution in [3.63, 3.8) is 0 Å². The van der Waals surface area contributed by atoms with Crippen LogP contribution in [0.3, 0.4) is 0 Å². The Morgan fingerprint density at radius 3 is 2.18 bits per heavy atom. The lowest BCUT2D eigenvalue weighted by molar-refractivity contribution is -0.122. The quantitative estimate of drug-likeness (QED) is 0.637. The molecule has 100 valence electrons. The molecule has 0 aromatic carbocycles. The summed E-state index contributed by atoms with van der Waals surface area (Å²) in [5, 5.41) is 6.06. The number of hydrogen-bond donors (Lipinski definition) is 2. The predicted molar refractivity (Wildman–Crippen MR) is 70.1 cm³/mol. The van der Waals surface area contributed by atoms with Crippen molar-refractivity contribution in [1.82, 2.24) is 10.6 Å². The highest BCUT2D eigenvalue weighted by Gasteiger charge is 2.21. The van der Waals surface area contributed by atoms with E-state index in [1.807, 2.05) is 20.8 Å². The van der Waals surface area contributed by atoms with Gasteiger partial charge in [0.25, 0.3) is 0 Å². The molecule has 0 saturated heterocycles. The van der Waals surface area contributed by atoms with E-state index < -0.39 is 0 Å². The van der Waals surface area contributed by atoms with Crippen LogP contribution in [0.5, 0.6) is 0 Å². The monoisotopic (exact) mass is 242 g/mol. The lowest BCUT2D eigenvalue weighted by Crippen LogP contribution is -2.46. The number of ketones is 2. The van der Waals surface area contributed by atoms with Gasteiger partial charge in [-0.25, -0.2) is 0 Å². The van der Waals surface area contributed by atoms with Gasteiger partial charge < -0.3 is 10.6 Å². The summed E-state index contributed by atoms with van der Waals surface area (Å²) in [6, 6.07) is -0.328. The maximum atomic E-state index is 11.9. The molecule has 2 atom stereocenters. The molecule has 0 aliphatic rings. The molecule has 0 radical (unpaired) electrons. The minimum Gasteiger partial charge on any atom is -0.310 e. The van der Waals surface area contributed by atoms with Crippen molar-refractivity contribution in [3.05, 3.63) is 0 Å². The van der Waals surface area contributed by atoms with E-state index in [1.54, 1.807) is 14.0 Å². The first kappa shape index (κ1) is 16.3. The fraction of sp³-hybridized carbons (Fsp3) is 0.846. The van der Waals surface area contributed by atoms with Crippen molar-refractivity contribution >= 4 is 11.6 Å². The maximum absolute atomic E-state index is 11.9. The molecule has 17 heavy (non-hydrogen) atoms. The number of nitrogens with one attached hydrogen (secondary N) is 2. The zero-order valence-electron chi connectivity index (χ0n) is 11.7. The third kappa shape index (κ3) is 5.94. The first-order valence-electron chi connectivity index (χ1n) is 6.37. The highest BCUT2D eigenvalue weighted by Crippen LogP contribution is 2.03. The molecule has 0 fully saturated rings. The zero-order valence-corrected chi connectivity index (χ0v) is 11.7. The van der Waals surface area contributed by atoms with Crippen LogP contribution in [0.15, 0.2) is 0 Å². The van der Waals surface area contributed by atoms with Gasteiger partial charge in [-0.1, -0.05) is 27.2 Å². The number of rotatable bonds is 9. The Morgan fingerprint density at radius 1 is 1.24 bits per heavy atom. The Morgan fingerprint density at radius 2 is 1.82 bits per heavy atom. The third-order valence-electron chi connectivity index (χ3n) is 2.92. The van der Waals surface area contributed by atoms with Crippen LogP contribution < -0.4 is 10.6 Å². The first-order chi connectivity index (χ1) is 7.93. The molecule has 2 N–H and O–H groups in total. The second-order valence-corrected chi connectivity index (χ2v) is 4.81. The Balaban J connectivity index is 4.24. The van der Waals surface area contributed by atoms with E-state index in [-0.39, 0.29) is 36.1 Å². The molecule has 0 bridgehead atoms. The van der Waals surface area contributed by atoms with Crippen LogP contribution in [0.4, 0.5) is 0 Å². The number of carbonyl (C=O) groups is 2. The number of Topliss-reactive ketones (excluding diaryl/α,β-unsaturated/α-hetero) is 2. The average molecular weight is 242 g/mol. The van der Waals surface area contributed by atoms with E-state index in [0.717, 1.165) is 12.8 Å². The zero-order chi connectivity index (χ0) is 13.4. The molecule has 4 heteroatoms. The lowest BCUT2D eigenvalue weighted by Gasteiger charge is -2.21. The van der Waals surface area contributed by atoms with Crippen molar-refractivity contribution in [2.75, 3.05) is 13.6 Å². The van der Waals surface area contributed by atoms with Gasteiger partial charge in [0.1, 0.15) is 5.78 Å². The minimum atomic E-state index is -0.186. The molecule has 0 heterocycles. The number of hydrogen-bond acceptors (Lipinski definition) is 4. The molecule has 0 saturated carbocycles. The van der Waals surface area contributed by atoms with E-state index in [4.69, 9.17) is 0 Å². The molecule has 4 nitrogen and oxygen atoms in total. The normalized spacial score (nSPS) is 14.7. The fourth-order valence-electron chi connectivity index (χ4n) is 1.94. The van der Waals surface area contributed by atoms with Crippen molar-refractivity contribution < 1.29 is 9.59 Å². The summed E-state index contributed by atoms with van der Waals surface area (Å²) in [7, 11) is 1.79. The molecule has 0 aliphatic heterocycles. The first-order valence-corrected chi connectivity index (χ1v) is 6.37. The molecular formula is C13H26N2O2. The number of likely N-dealkylation sites (N-methyl/N-ethyl adjacent to an activating group) is 1. The Kier molecular flexibility index (Phi) is 8.00. The van der Waals surface area contributed by atoms with Gasteiger partial charge in [0.2, 0.25) is 0 Å². The van der Waals surface area contributed by atoms with Crippen LogP contribution in [0.1, 0.15) is 40.5 Å². The van der Waals surface area contributed by atoms with Gasteiger partial charge in [-0.2, -0.15) is 0 Å². The van der Waals surface area contributed by atoms with Crippen LogP contribution in [0.2, 0.25) is 0 Å². The minimum absolute atomic E-state index is 0.102. The average Bonchev–Trinajstić information content (AvgIpc) is 2.24. The topological polar surface area (TPSA) is 58.2 Å². The van der Waals surface area contributed by atoms with Crippen molar-refractivity contribution in [1.29, 1.82) is 0 Å². The van der Waals surface area contributed by atoms with Gasteiger partial charge in [0.15, 0.2) is 5.78 Å². The van der Waals surface area contributed by atoms with Crippen LogP contribution in [0, 0.1) is 5.92 Å². The summed E-state index contributed by atoms with van der Waals surface area (Å²) in [6.45, 7) is 7.87. The smallest absolute Gasteiger partial charge is 0.163 e. The third-order valence-corrected chi connectivity index (χ3v) is 2.92. The predicted octanol–water partition coefficient (Wildman–Crippen LogP) is 1.15.